The van der Waals surface area contributed by atoms with Crippen LogP contribution in [0.5, 0.6) is 0 Å². The van der Waals surface area contributed by atoms with Gasteiger partial charge in [-0.05, 0) is 143 Å². The summed E-state index contributed by atoms with van der Waals surface area (Å²) in [5.74, 6) is 0. The molecule has 0 spiro atoms. The topological polar surface area (TPSA) is 74.0 Å². The molecule has 5 heterocycles. The molecule has 3 aliphatic heterocycles. The van der Waals surface area contributed by atoms with Gasteiger partial charge in [-0.1, -0.05) is 94.8 Å². The first kappa shape index (κ1) is 49.3. The highest BCUT2D eigenvalue weighted by Crippen LogP contribution is 2.44. The molecular formula is C56H58B3BrN4O6. The normalized spacial score (nSPS) is 19.2. The average molecular weight is 995 g/mol. The van der Waals surface area contributed by atoms with Crippen molar-refractivity contribution < 1.29 is 27.9 Å². The summed E-state index contributed by atoms with van der Waals surface area (Å²) in [4.78, 5) is 7.30. The Hall–Kier alpha value is -5.67. The second-order valence-corrected chi connectivity index (χ2v) is 22.2. The van der Waals surface area contributed by atoms with Crippen LogP contribution >= 0.6 is 15.9 Å². The van der Waals surface area contributed by atoms with E-state index in [0.717, 1.165) is 43.4 Å². The van der Waals surface area contributed by atoms with Gasteiger partial charge in [0.15, 0.2) is 11.4 Å². The van der Waals surface area contributed by atoms with Crippen molar-refractivity contribution in [1.82, 2.24) is 9.13 Å². The number of rotatable bonds is 4. The third-order valence-electron chi connectivity index (χ3n) is 15.0. The number of hydrogen-bond acceptors (Lipinski definition) is 6. The summed E-state index contributed by atoms with van der Waals surface area (Å²) in [6, 6.07) is 45.2. The Morgan fingerprint density at radius 1 is 0.400 bits per heavy atom. The molecule has 2 aromatic heterocycles. The van der Waals surface area contributed by atoms with Crippen LogP contribution in [0.15, 0.2) is 138 Å². The molecule has 3 saturated heterocycles. The molecule has 10 nitrogen and oxygen atoms in total. The first-order chi connectivity index (χ1) is 33.0. The Labute approximate surface area is 421 Å². The third kappa shape index (κ3) is 8.79. The van der Waals surface area contributed by atoms with E-state index in [9.17, 15) is 0 Å². The van der Waals surface area contributed by atoms with Crippen LogP contribution in [0.3, 0.4) is 0 Å². The van der Waals surface area contributed by atoms with Gasteiger partial charge in [0, 0.05) is 37.4 Å². The zero-order chi connectivity index (χ0) is 50.2. The van der Waals surface area contributed by atoms with Gasteiger partial charge in [0.25, 0.3) is 0 Å². The zero-order valence-electron chi connectivity index (χ0n) is 42.1. The molecule has 354 valence electrons. The molecule has 14 heteroatoms. The maximum Gasteiger partial charge on any atom is 0.493 e. The zero-order valence-corrected chi connectivity index (χ0v) is 43.6. The predicted octanol–water partition coefficient (Wildman–Crippen LogP) is 14.0. The molecular weight excluding hydrogens is 937 g/mol. The number of nitrogens with zero attached hydrogens (tertiary/aromatic N) is 4. The summed E-state index contributed by atoms with van der Waals surface area (Å²) >= 11 is 3.51. The molecule has 0 radical (unpaired) electrons. The minimum atomic E-state index is -0.511. The monoisotopic (exact) mass is 994 g/mol. The van der Waals surface area contributed by atoms with E-state index in [0.29, 0.717) is 11.4 Å². The van der Waals surface area contributed by atoms with E-state index in [1.807, 2.05) is 138 Å². The van der Waals surface area contributed by atoms with Crippen LogP contribution in [-0.4, -0.2) is 63.9 Å². The minimum Gasteiger partial charge on any atom is -0.405 e. The molecule has 6 aromatic carbocycles. The highest BCUT2D eigenvalue weighted by atomic mass is 79.9. The smallest absolute Gasteiger partial charge is 0.405 e. The quantitative estimate of drug-likeness (QED) is 0.129. The fourth-order valence-electron chi connectivity index (χ4n) is 9.08. The molecule has 0 amide bonds. The van der Waals surface area contributed by atoms with Gasteiger partial charge in [0.1, 0.15) is 0 Å². The maximum absolute atomic E-state index is 7.65. The summed E-state index contributed by atoms with van der Waals surface area (Å²) in [6.45, 7) is 39.3. The van der Waals surface area contributed by atoms with E-state index in [4.69, 9.17) is 41.1 Å². The van der Waals surface area contributed by atoms with Crippen molar-refractivity contribution in [2.45, 2.75) is 117 Å². The first-order valence-corrected chi connectivity index (χ1v) is 24.5. The highest BCUT2D eigenvalue weighted by Gasteiger charge is 2.63. The fourth-order valence-corrected chi connectivity index (χ4v) is 9.55. The van der Waals surface area contributed by atoms with Crippen molar-refractivity contribution >= 4 is 97.5 Å². The molecule has 8 aromatic rings. The molecule has 70 heavy (non-hydrogen) atoms. The van der Waals surface area contributed by atoms with Crippen LogP contribution in [0.2, 0.25) is 0 Å². The highest BCUT2D eigenvalue weighted by molar-refractivity contribution is 9.10. The van der Waals surface area contributed by atoms with Gasteiger partial charge in [-0.15, -0.1) is 0 Å². The molecule has 3 fully saturated rings. The van der Waals surface area contributed by atoms with Gasteiger partial charge in [0.2, 0.25) is 0 Å². The summed E-state index contributed by atoms with van der Waals surface area (Å²) in [5, 5.41) is 4.84. The SMILES string of the molecule is CC1(C)OB(B2OC(C)(C)C(C)(C)O2)OC1(C)C.[C-]#[N+]c1cc(B2OC(C)(C)C(C)(C)O2)cc(-n2c3ccccc3c3ccccc32)c1.[C-]#[N+]c1cc(Br)cc(-n2c3ccccc3c3ccccc32)c1. The number of hydrogen-bond donors (Lipinski definition) is 0. The Morgan fingerprint density at radius 2 is 0.700 bits per heavy atom. The van der Waals surface area contributed by atoms with Crippen molar-refractivity contribution in [2.75, 3.05) is 0 Å². The third-order valence-corrected chi connectivity index (χ3v) is 15.5. The number of benzene rings is 6. The van der Waals surface area contributed by atoms with Crippen molar-refractivity contribution in [1.29, 1.82) is 0 Å². The van der Waals surface area contributed by atoms with Crippen molar-refractivity contribution in [3.63, 3.8) is 0 Å². The van der Waals surface area contributed by atoms with E-state index < -0.39 is 32.3 Å². The lowest BCUT2D eigenvalue weighted by Gasteiger charge is -2.32. The standard InChI is InChI=1S/C25H23BN2O2.C19H11BrN2.C12H24B2O4/c1-24(2)25(3,4)30-26(29-24)17-14-18(27-5)16-19(15-17)28-22-12-8-6-10-20(22)21-11-7-9-13-23(21)28;1-21-14-10-13(20)11-15(12-14)22-18-8-4-2-6-16(18)17-7-3-5-9-19(17)22;1-9(2)10(3,4)16-13(15-9)14-17-11(5,6)12(7,8)18-14/h6-16H,1-4H3;2-12H;1-8H3. The van der Waals surface area contributed by atoms with E-state index in [-0.39, 0.29) is 22.4 Å². The molecule has 0 unspecified atom stereocenters. The van der Waals surface area contributed by atoms with E-state index in [2.05, 4.69) is 114 Å². The molecule has 0 aliphatic carbocycles. The Kier molecular flexibility index (Phi) is 12.6. The number of halogens is 1. The molecule has 0 atom stereocenters. The van der Waals surface area contributed by atoms with E-state index in [1.165, 1.54) is 21.5 Å². The fraction of sp³-hybridized carbons (Fsp3) is 0.321. The molecule has 11 rings (SSSR count). The van der Waals surface area contributed by atoms with Gasteiger partial charge in [0.05, 0.1) is 68.8 Å². The van der Waals surface area contributed by atoms with Crippen LogP contribution in [0.1, 0.15) is 83.1 Å². The van der Waals surface area contributed by atoms with Gasteiger partial charge in [-0.2, -0.15) is 0 Å². The van der Waals surface area contributed by atoms with Gasteiger partial charge in [-0.3, -0.25) is 0 Å². The van der Waals surface area contributed by atoms with Crippen molar-refractivity contribution in [3.05, 3.63) is 161 Å². The largest absolute Gasteiger partial charge is 0.493 e. The Morgan fingerprint density at radius 3 is 1.04 bits per heavy atom. The van der Waals surface area contributed by atoms with Crippen LogP contribution in [0.4, 0.5) is 11.4 Å². The maximum atomic E-state index is 7.65. The number of fused-ring (bicyclic) bond motifs is 6. The first-order valence-electron chi connectivity index (χ1n) is 23.7. The van der Waals surface area contributed by atoms with Crippen LogP contribution < -0.4 is 5.46 Å². The molecule has 3 aliphatic rings. The van der Waals surface area contributed by atoms with Crippen molar-refractivity contribution in [2.24, 2.45) is 0 Å². The van der Waals surface area contributed by atoms with Crippen LogP contribution in [-0.2, 0) is 27.9 Å². The van der Waals surface area contributed by atoms with Gasteiger partial charge < -0.3 is 37.1 Å². The second-order valence-electron chi connectivity index (χ2n) is 21.3. The number of aromatic nitrogens is 2. The molecule has 0 bridgehead atoms. The Bertz CT molecular complexity index is 3210. The summed E-state index contributed by atoms with van der Waals surface area (Å²) in [7, 11) is -1.46. The molecule has 0 N–H and O–H groups in total. The summed E-state index contributed by atoms with van der Waals surface area (Å²) in [6.07, 6.45) is 0. The van der Waals surface area contributed by atoms with E-state index in [1.54, 1.807) is 0 Å². The average Bonchev–Trinajstić information content (AvgIpc) is 4.02. The lowest BCUT2D eigenvalue weighted by molar-refractivity contribution is 0.00578. The predicted molar refractivity (Wildman–Crippen MR) is 290 cm³/mol. The van der Waals surface area contributed by atoms with Gasteiger partial charge >= 0.3 is 21.1 Å². The summed E-state index contributed by atoms with van der Waals surface area (Å²) < 4.78 is 41.7. The van der Waals surface area contributed by atoms with Gasteiger partial charge in [-0.25, -0.2) is 9.69 Å². The van der Waals surface area contributed by atoms with Crippen molar-refractivity contribution in [3.8, 4) is 11.4 Å². The number of para-hydroxylation sites is 4. The lowest BCUT2D eigenvalue weighted by Crippen LogP contribution is -2.41. The Balaban J connectivity index is 0.000000135. The van der Waals surface area contributed by atoms with Crippen LogP contribution in [0.25, 0.3) is 64.7 Å². The summed E-state index contributed by atoms with van der Waals surface area (Å²) in [5.41, 5.74) is 6.22. The van der Waals surface area contributed by atoms with E-state index >= 15 is 0 Å². The second kappa shape index (κ2) is 17.9. The molecule has 0 saturated carbocycles. The minimum absolute atomic E-state index is 0.360. The lowest BCUT2D eigenvalue weighted by atomic mass is 9.49. The van der Waals surface area contributed by atoms with Crippen LogP contribution in [0, 0.1) is 13.1 Å².